The lowest BCUT2D eigenvalue weighted by Crippen LogP contribution is -2.43. The standard InChI is InChI=1S/C16H28N4/c1-3-20(4-2)12-10-15(19-17)14-9-5-7-13-8-6-11-18-16(13)14/h6,8,11,14-15,19H,3-5,7,9-10,12,17H2,1-2H3. The van der Waals surface area contributed by atoms with E-state index in [2.05, 4.69) is 35.2 Å². The van der Waals surface area contributed by atoms with Gasteiger partial charge in [-0.3, -0.25) is 16.3 Å². The molecule has 1 aliphatic rings. The van der Waals surface area contributed by atoms with Crippen LogP contribution in [0, 0.1) is 0 Å². The Morgan fingerprint density at radius 3 is 2.95 bits per heavy atom. The number of hydrogen-bond acceptors (Lipinski definition) is 4. The van der Waals surface area contributed by atoms with E-state index in [4.69, 9.17) is 5.84 Å². The molecule has 1 aliphatic carbocycles. The van der Waals surface area contributed by atoms with E-state index in [0.29, 0.717) is 12.0 Å². The van der Waals surface area contributed by atoms with Gasteiger partial charge in [-0.25, -0.2) is 0 Å². The summed E-state index contributed by atoms with van der Waals surface area (Å²) < 4.78 is 0. The summed E-state index contributed by atoms with van der Waals surface area (Å²) in [6.45, 7) is 7.73. The van der Waals surface area contributed by atoms with E-state index in [1.807, 2.05) is 12.3 Å². The second-order valence-corrected chi connectivity index (χ2v) is 5.64. The summed E-state index contributed by atoms with van der Waals surface area (Å²) >= 11 is 0. The van der Waals surface area contributed by atoms with E-state index in [0.717, 1.165) is 32.5 Å². The van der Waals surface area contributed by atoms with Crippen molar-refractivity contribution >= 4 is 0 Å². The molecule has 0 aliphatic heterocycles. The zero-order valence-corrected chi connectivity index (χ0v) is 12.8. The second-order valence-electron chi connectivity index (χ2n) is 5.64. The molecule has 0 fully saturated rings. The fourth-order valence-electron chi connectivity index (χ4n) is 3.30. The van der Waals surface area contributed by atoms with Crippen molar-refractivity contribution < 1.29 is 0 Å². The second kappa shape index (κ2) is 7.72. The molecule has 0 radical (unpaired) electrons. The van der Waals surface area contributed by atoms with Crippen molar-refractivity contribution in [2.75, 3.05) is 19.6 Å². The number of nitrogens with two attached hydrogens (primary N) is 1. The molecule has 112 valence electrons. The number of aryl methyl sites for hydroxylation is 1. The van der Waals surface area contributed by atoms with Crippen LogP contribution in [0.2, 0.25) is 0 Å². The zero-order valence-electron chi connectivity index (χ0n) is 12.8. The molecule has 0 saturated heterocycles. The summed E-state index contributed by atoms with van der Waals surface area (Å²) in [7, 11) is 0. The third kappa shape index (κ3) is 3.57. The highest BCUT2D eigenvalue weighted by atomic mass is 15.2. The molecule has 1 aromatic rings. The largest absolute Gasteiger partial charge is 0.304 e. The van der Waals surface area contributed by atoms with E-state index < -0.39 is 0 Å². The van der Waals surface area contributed by atoms with Gasteiger partial charge in [-0.1, -0.05) is 19.9 Å². The van der Waals surface area contributed by atoms with Gasteiger partial charge >= 0.3 is 0 Å². The average molecular weight is 276 g/mol. The summed E-state index contributed by atoms with van der Waals surface area (Å²) in [6.07, 6.45) is 6.59. The number of hydrazine groups is 1. The van der Waals surface area contributed by atoms with Crippen LogP contribution in [-0.2, 0) is 6.42 Å². The van der Waals surface area contributed by atoms with Crippen LogP contribution < -0.4 is 11.3 Å². The smallest absolute Gasteiger partial charge is 0.0482 e. The number of nitrogens with one attached hydrogen (secondary N) is 1. The van der Waals surface area contributed by atoms with Gasteiger partial charge in [0.25, 0.3) is 0 Å². The highest BCUT2D eigenvalue weighted by molar-refractivity contribution is 5.27. The molecule has 20 heavy (non-hydrogen) atoms. The number of fused-ring (bicyclic) bond motifs is 1. The molecule has 0 aromatic carbocycles. The Bertz CT molecular complexity index is 403. The molecule has 2 unspecified atom stereocenters. The number of pyridine rings is 1. The van der Waals surface area contributed by atoms with Gasteiger partial charge in [-0.05, 0) is 56.9 Å². The Morgan fingerprint density at radius 1 is 1.45 bits per heavy atom. The van der Waals surface area contributed by atoms with E-state index in [9.17, 15) is 0 Å². The predicted molar refractivity (Wildman–Crippen MR) is 83.4 cm³/mol. The zero-order chi connectivity index (χ0) is 14.4. The number of nitrogens with zero attached hydrogens (tertiary/aromatic N) is 2. The van der Waals surface area contributed by atoms with Crippen molar-refractivity contribution in [3.63, 3.8) is 0 Å². The molecule has 0 amide bonds. The summed E-state index contributed by atoms with van der Waals surface area (Å²) in [5.74, 6) is 6.29. The molecule has 1 aromatic heterocycles. The van der Waals surface area contributed by atoms with Crippen molar-refractivity contribution in [3.05, 3.63) is 29.6 Å². The third-order valence-corrected chi connectivity index (χ3v) is 4.59. The molecular weight excluding hydrogens is 248 g/mol. The first-order valence-corrected chi connectivity index (χ1v) is 7.92. The minimum Gasteiger partial charge on any atom is -0.304 e. The maximum Gasteiger partial charge on any atom is 0.0482 e. The van der Waals surface area contributed by atoms with Crippen molar-refractivity contribution in [2.24, 2.45) is 5.84 Å². The molecule has 1 heterocycles. The molecule has 0 spiro atoms. The van der Waals surface area contributed by atoms with Crippen LogP contribution in [0.1, 0.15) is 50.3 Å². The highest BCUT2D eigenvalue weighted by Crippen LogP contribution is 2.33. The molecule has 4 nitrogen and oxygen atoms in total. The molecule has 2 rings (SSSR count). The molecule has 2 atom stereocenters. The van der Waals surface area contributed by atoms with Crippen LogP contribution >= 0.6 is 0 Å². The monoisotopic (exact) mass is 276 g/mol. The maximum absolute atomic E-state index is 5.83. The van der Waals surface area contributed by atoms with E-state index >= 15 is 0 Å². The van der Waals surface area contributed by atoms with Gasteiger partial charge in [-0.15, -0.1) is 0 Å². The Hall–Kier alpha value is -0.970. The first-order valence-electron chi connectivity index (χ1n) is 7.92. The van der Waals surface area contributed by atoms with Gasteiger partial charge in [0.15, 0.2) is 0 Å². The van der Waals surface area contributed by atoms with Gasteiger partial charge in [0.1, 0.15) is 0 Å². The Balaban J connectivity index is 2.05. The molecule has 0 saturated carbocycles. The molecule has 0 bridgehead atoms. The third-order valence-electron chi connectivity index (χ3n) is 4.59. The van der Waals surface area contributed by atoms with Crippen LogP contribution in [0.3, 0.4) is 0 Å². The summed E-state index contributed by atoms with van der Waals surface area (Å²) in [5, 5.41) is 0. The first-order chi connectivity index (χ1) is 9.80. The lowest BCUT2D eigenvalue weighted by atomic mass is 9.81. The Kier molecular flexibility index (Phi) is 5.95. The van der Waals surface area contributed by atoms with Gasteiger partial charge in [0.2, 0.25) is 0 Å². The van der Waals surface area contributed by atoms with Crippen LogP contribution in [0.15, 0.2) is 18.3 Å². The average Bonchev–Trinajstić information content (AvgIpc) is 2.51. The van der Waals surface area contributed by atoms with Crippen LogP contribution in [0.4, 0.5) is 0 Å². The van der Waals surface area contributed by atoms with E-state index in [1.54, 1.807) is 0 Å². The predicted octanol–water partition coefficient (Wildman–Crippen LogP) is 2.07. The van der Waals surface area contributed by atoms with Crippen molar-refractivity contribution in [3.8, 4) is 0 Å². The van der Waals surface area contributed by atoms with Crippen molar-refractivity contribution in [2.45, 2.75) is 51.5 Å². The van der Waals surface area contributed by atoms with Gasteiger partial charge in [0, 0.05) is 23.9 Å². The number of hydrogen-bond donors (Lipinski definition) is 2. The number of rotatable bonds is 7. The van der Waals surface area contributed by atoms with Crippen molar-refractivity contribution in [1.29, 1.82) is 0 Å². The summed E-state index contributed by atoms with van der Waals surface area (Å²) in [6, 6.07) is 4.58. The maximum atomic E-state index is 5.83. The van der Waals surface area contributed by atoms with E-state index in [1.165, 1.54) is 24.1 Å². The fraction of sp³-hybridized carbons (Fsp3) is 0.688. The SMILES string of the molecule is CCN(CC)CCC(NN)C1CCCc2cccnc21. The van der Waals surface area contributed by atoms with Gasteiger partial charge in [0.05, 0.1) is 0 Å². The van der Waals surface area contributed by atoms with Crippen LogP contribution in [0.5, 0.6) is 0 Å². The number of aromatic nitrogens is 1. The minimum atomic E-state index is 0.324. The fourth-order valence-corrected chi connectivity index (χ4v) is 3.30. The van der Waals surface area contributed by atoms with Crippen LogP contribution in [-0.4, -0.2) is 35.6 Å². The Labute approximate surface area is 122 Å². The topological polar surface area (TPSA) is 54.2 Å². The quantitative estimate of drug-likeness (QED) is 0.591. The highest BCUT2D eigenvalue weighted by Gasteiger charge is 2.28. The molecular formula is C16H28N4. The van der Waals surface area contributed by atoms with Gasteiger partial charge in [-0.2, -0.15) is 0 Å². The van der Waals surface area contributed by atoms with E-state index in [-0.39, 0.29) is 0 Å². The molecule has 3 N–H and O–H groups in total. The van der Waals surface area contributed by atoms with Crippen molar-refractivity contribution in [1.82, 2.24) is 15.3 Å². The summed E-state index contributed by atoms with van der Waals surface area (Å²) in [4.78, 5) is 7.08. The Morgan fingerprint density at radius 2 is 2.25 bits per heavy atom. The first kappa shape index (κ1) is 15.4. The van der Waals surface area contributed by atoms with Gasteiger partial charge < -0.3 is 4.90 Å². The lowest BCUT2D eigenvalue weighted by Gasteiger charge is -2.32. The summed E-state index contributed by atoms with van der Waals surface area (Å²) in [5.41, 5.74) is 5.72. The van der Waals surface area contributed by atoms with Crippen LogP contribution in [0.25, 0.3) is 0 Å². The molecule has 4 heteroatoms. The lowest BCUT2D eigenvalue weighted by molar-refractivity contribution is 0.264. The normalized spacial score (nSPS) is 19.9. The minimum absolute atomic E-state index is 0.324.